The fraction of sp³-hybridized carbons (Fsp3) is 0.412. The van der Waals surface area contributed by atoms with Crippen LogP contribution < -0.4 is 0 Å². The van der Waals surface area contributed by atoms with Gasteiger partial charge in [-0.25, -0.2) is 0 Å². The molecule has 0 saturated carbocycles. The number of rotatable bonds is 3. The molecule has 0 fully saturated rings. The highest BCUT2D eigenvalue weighted by Crippen LogP contribution is 2.33. The first-order chi connectivity index (χ1) is 9.28. The molecule has 0 saturated heterocycles. The molecule has 0 amide bonds. The molecule has 0 bridgehead atoms. The smallest absolute Gasteiger partial charge is 0.126 e. The molecule has 1 aromatic heterocycles. The summed E-state index contributed by atoms with van der Waals surface area (Å²) in [6.45, 7) is 2.09. The highest BCUT2D eigenvalue weighted by atomic mass is 35.5. The van der Waals surface area contributed by atoms with E-state index in [1.165, 1.54) is 36.8 Å². The number of hydrogen-bond donors (Lipinski definition) is 0. The molecule has 1 aliphatic carbocycles. The van der Waals surface area contributed by atoms with Gasteiger partial charge in [-0.05, 0) is 54.5 Å². The van der Waals surface area contributed by atoms with Gasteiger partial charge in [-0.1, -0.05) is 25.1 Å². The van der Waals surface area contributed by atoms with Crippen molar-refractivity contribution in [3.63, 3.8) is 0 Å². The molecule has 1 aliphatic rings. The minimum absolute atomic E-state index is 0.174. The van der Waals surface area contributed by atoms with E-state index in [9.17, 15) is 0 Å². The molecule has 2 aromatic rings. The monoisotopic (exact) mass is 274 g/mol. The Hall–Kier alpha value is -1.21. The van der Waals surface area contributed by atoms with Gasteiger partial charge in [0.2, 0.25) is 0 Å². The fourth-order valence-electron chi connectivity index (χ4n) is 2.80. The number of benzene rings is 1. The summed E-state index contributed by atoms with van der Waals surface area (Å²) in [5, 5.41) is -0.174. The van der Waals surface area contributed by atoms with Crippen molar-refractivity contribution >= 4 is 11.6 Å². The van der Waals surface area contributed by atoms with Crippen molar-refractivity contribution in [3.8, 4) is 0 Å². The summed E-state index contributed by atoms with van der Waals surface area (Å²) in [6, 6.07) is 10.7. The Balaban J connectivity index is 1.88. The standard InChI is InChI=1S/C17H19ClO/c1-2-15-9-10-16(19-15)17(18)14-8-7-12-5-3-4-6-13(12)11-14/h7-11,17H,2-6H2,1H3. The normalized spacial score (nSPS) is 16.1. The summed E-state index contributed by atoms with van der Waals surface area (Å²) in [5.41, 5.74) is 4.11. The van der Waals surface area contributed by atoms with Crippen LogP contribution in [0, 0.1) is 0 Å². The quantitative estimate of drug-likeness (QED) is 0.714. The van der Waals surface area contributed by atoms with E-state index in [1.54, 1.807) is 0 Å². The van der Waals surface area contributed by atoms with Crippen LogP contribution in [0.1, 0.15) is 53.4 Å². The van der Waals surface area contributed by atoms with Crippen LogP contribution >= 0.6 is 11.6 Å². The SMILES string of the molecule is CCc1ccc(C(Cl)c2ccc3c(c2)CCCC3)o1. The maximum Gasteiger partial charge on any atom is 0.126 e. The van der Waals surface area contributed by atoms with Gasteiger partial charge in [-0.2, -0.15) is 0 Å². The average Bonchev–Trinajstić information content (AvgIpc) is 2.95. The summed E-state index contributed by atoms with van der Waals surface area (Å²) < 4.78 is 5.76. The molecule has 1 nitrogen and oxygen atoms in total. The summed E-state index contributed by atoms with van der Waals surface area (Å²) in [7, 11) is 0. The van der Waals surface area contributed by atoms with Crippen molar-refractivity contribution in [3.05, 3.63) is 58.5 Å². The Morgan fingerprint density at radius 1 is 1.11 bits per heavy atom. The first-order valence-corrected chi connectivity index (χ1v) is 7.56. The summed E-state index contributed by atoms with van der Waals surface area (Å²) in [4.78, 5) is 0. The van der Waals surface area contributed by atoms with Gasteiger partial charge in [-0.15, -0.1) is 11.6 Å². The lowest BCUT2D eigenvalue weighted by Gasteiger charge is -2.17. The van der Waals surface area contributed by atoms with Crippen LogP contribution in [0.4, 0.5) is 0 Å². The number of halogens is 1. The van der Waals surface area contributed by atoms with Crippen LogP contribution in [0.5, 0.6) is 0 Å². The minimum atomic E-state index is -0.174. The third-order valence-corrected chi connectivity index (χ3v) is 4.41. The van der Waals surface area contributed by atoms with E-state index < -0.39 is 0 Å². The Morgan fingerprint density at radius 3 is 2.63 bits per heavy atom. The lowest BCUT2D eigenvalue weighted by atomic mass is 9.90. The van der Waals surface area contributed by atoms with Crippen LogP contribution in [0.2, 0.25) is 0 Å². The van der Waals surface area contributed by atoms with Gasteiger partial charge < -0.3 is 4.42 Å². The van der Waals surface area contributed by atoms with Crippen LogP contribution in [0.25, 0.3) is 0 Å². The van der Waals surface area contributed by atoms with E-state index in [0.717, 1.165) is 23.5 Å². The first-order valence-electron chi connectivity index (χ1n) is 7.12. The second kappa shape index (κ2) is 5.42. The summed E-state index contributed by atoms with van der Waals surface area (Å²) in [5.74, 6) is 1.85. The Labute approximate surface area is 119 Å². The van der Waals surface area contributed by atoms with E-state index >= 15 is 0 Å². The van der Waals surface area contributed by atoms with E-state index in [4.69, 9.17) is 16.0 Å². The number of alkyl halides is 1. The maximum absolute atomic E-state index is 6.55. The topological polar surface area (TPSA) is 13.1 Å². The molecule has 0 N–H and O–H groups in total. The Bertz CT molecular complexity index is 570. The van der Waals surface area contributed by atoms with E-state index in [0.29, 0.717) is 0 Å². The maximum atomic E-state index is 6.55. The molecular formula is C17H19ClO. The molecule has 1 heterocycles. The third-order valence-electron chi connectivity index (χ3n) is 3.95. The Kier molecular flexibility index (Phi) is 3.65. The molecule has 0 radical (unpaired) electrons. The molecule has 1 aromatic carbocycles. The molecule has 0 spiro atoms. The molecule has 3 rings (SSSR count). The number of aryl methyl sites for hydroxylation is 3. The van der Waals surface area contributed by atoms with E-state index in [1.807, 2.05) is 12.1 Å². The van der Waals surface area contributed by atoms with Crippen molar-refractivity contribution < 1.29 is 4.42 Å². The zero-order chi connectivity index (χ0) is 13.2. The van der Waals surface area contributed by atoms with E-state index in [2.05, 4.69) is 25.1 Å². The van der Waals surface area contributed by atoms with Crippen molar-refractivity contribution in [2.75, 3.05) is 0 Å². The lowest BCUT2D eigenvalue weighted by molar-refractivity contribution is 0.474. The zero-order valence-electron chi connectivity index (χ0n) is 11.3. The zero-order valence-corrected chi connectivity index (χ0v) is 12.0. The molecule has 19 heavy (non-hydrogen) atoms. The molecular weight excluding hydrogens is 256 g/mol. The number of fused-ring (bicyclic) bond motifs is 1. The molecule has 100 valence electrons. The van der Waals surface area contributed by atoms with Gasteiger partial charge in [0.1, 0.15) is 16.9 Å². The van der Waals surface area contributed by atoms with Crippen LogP contribution in [-0.4, -0.2) is 0 Å². The molecule has 1 atom stereocenters. The first kappa shape index (κ1) is 12.8. The van der Waals surface area contributed by atoms with Gasteiger partial charge in [-0.3, -0.25) is 0 Å². The van der Waals surface area contributed by atoms with Crippen LogP contribution in [0.3, 0.4) is 0 Å². The summed E-state index contributed by atoms with van der Waals surface area (Å²) >= 11 is 6.55. The fourth-order valence-corrected chi connectivity index (χ4v) is 3.05. The van der Waals surface area contributed by atoms with Crippen LogP contribution in [-0.2, 0) is 19.3 Å². The van der Waals surface area contributed by atoms with Crippen molar-refractivity contribution in [1.82, 2.24) is 0 Å². The van der Waals surface area contributed by atoms with Crippen molar-refractivity contribution in [1.29, 1.82) is 0 Å². The second-order valence-corrected chi connectivity index (χ2v) is 5.69. The Morgan fingerprint density at radius 2 is 1.89 bits per heavy atom. The number of furan rings is 1. The third kappa shape index (κ3) is 2.57. The predicted molar refractivity (Wildman–Crippen MR) is 78.9 cm³/mol. The second-order valence-electron chi connectivity index (χ2n) is 5.26. The predicted octanol–water partition coefficient (Wildman–Crippen LogP) is 5.05. The molecule has 2 heteroatoms. The van der Waals surface area contributed by atoms with Crippen LogP contribution in [0.15, 0.2) is 34.7 Å². The highest BCUT2D eigenvalue weighted by Gasteiger charge is 2.17. The number of hydrogen-bond acceptors (Lipinski definition) is 1. The van der Waals surface area contributed by atoms with Crippen molar-refractivity contribution in [2.45, 2.75) is 44.4 Å². The molecule has 1 unspecified atom stereocenters. The van der Waals surface area contributed by atoms with Gasteiger partial charge >= 0.3 is 0 Å². The lowest BCUT2D eigenvalue weighted by Crippen LogP contribution is -2.04. The van der Waals surface area contributed by atoms with Gasteiger partial charge in [0.25, 0.3) is 0 Å². The van der Waals surface area contributed by atoms with Gasteiger partial charge in [0, 0.05) is 6.42 Å². The highest BCUT2D eigenvalue weighted by molar-refractivity contribution is 6.22. The summed E-state index contributed by atoms with van der Waals surface area (Å²) in [6.07, 6.45) is 5.92. The largest absolute Gasteiger partial charge is 0.464 e. The van der Waals surface area contributed by atoms with Gasteiger partial charge in [0.05, 0.1) is 0 Å². The van der Waals surface area contributed by atoms with E-state index in [-0.39, 0.29) is 5.38 Å². The minimum Gasteiger partial charge on any atom is -0.464 e. The average molecular weight is 275 g/mol. The van der Waals surface area contributed by atoms with Gasteiger partial charge in [0.15, 0.2) is 0 Å². The van der Waals surface area contributed by atoms with Crippen molar-refractivity contribution in [2.24, 2.45) is 0 Å². The molecule has 0 aliphatic heterocycles.